The van der Waals surface area contributed by atoms with Crippen LogP contribution in [0.5, 0.6) is 0 Å². The third-order valence-corrected chi connectivity index (χ3v) is 2.00. The lowest BCUT2D eigenvalue weighted by atomic mass is 10.1. The molecule has 3 nitrogen and oxygen atoms in total. The van der Waals surface area contributed by atoms with Crippen LogP contribution in [0.4, 0.5) is 13.2 Å². The summed E-state index contributed by atoms with van der Waals surface area (Å²) >= 11 is 0. The zero-order valence-corrected chi connectivity index (χ0v) is 7.77. The second-order valence-electron chi connectivity index (χ2n) is 3.23. The Morgan fingerprint density at radius 2 is 2.21 bits per heavy atom. The number of alkyl halides is 3. The van der Waals surface area contributed by atoms with Crippen LogP contribution in [0.3, 0.4) is 0 Å². The summed E-state index contributed by atoms with van der Waals surface area (Å²) in [7, 11) is 0. The molecule has 0 aromatic heterocycles. The molecule has 1 aliphatic rings. The first-order chi connectivity index (χ1) is 6.58. The van der Waals surface area contributed by atoms with Gasteiger partial charge in [-0.1, -0.05) is 0 Å². The van der Waals surface area contributed by atoms with Crippen LogP contribution in [0.1, 0.15) is 6.42 Å². The van der Waals surface area contributed by atoms with Crippen molar-refractivity contribution < 1.29 is 22.6 Å². The summed E-state index contributed by atoms with van der Waals surface area (Å²) in [6.07, 6.45) is -3.54. The molecule has 0 saturated carbocycles. The quantitative estimate of drug-likeness (QED) is 0.695. The van der Waals surface area contributed by atoms with E-state index in [-0.39, 0.29) is 13.2 Å². The van der Waals surface area contributed by atoms with Gasteiger partial charge in [0.1, 0.15) is 0 Å². The number of ether oxygens (including phenoxy) is 2. The Labute approximate surface area is 80.6 Å². The summed E-state index contributed by atoms with van der Waals surface area (Å²) in [5, 5.41) is 2.89. The largest absolute Gasteiger partial charge is 0.522 e. The molecule has 0 spiro atoms. The van der Waals surface area contributed by atoms with Gasteiger partial charge in [0.15, 0.2) is 0 Å². The van der Waals surface area contributed by atoms with E-state index in [1.807, 2.05) is 0 Å². The first-order valence-corrected chi connectivity index (χ1v) is 4.57. The number of halogens is 3. The monoisotopic (exact) mass is 213 g/mol. The van der Waals surface area contributed by atoms with Crippen molar-refractivity contribution >= 4 is 0 Å². The summed E-state index contributed by atoms with van der Waals surface area (Å²) in [4.78, 5) is 0. The third kappa shape index (κ3) is 5.41. The number of nitrogens with one attached hydrogen (secondary N) is 1. The van der Waals surface area contributed by atoms with Crippen molar-refractivity contribution in [2.75, 3.05) is 32.9 Å². The molecule has 0 aliphatic carbocycles. The minimum atomic E-state index is -4.52. The summed E-state index contributed by atoms with van der Waals surface area (Å²) in [6.45, 7) is 2.03. The molecule has 14 heavy (non-hydrogen) atoms. The summed E-state index contributed by atoms with van der Waals surface area (Å²) in [5.74, 6) is 0.431. The zero-order chi connectivity index (χ0) is 10.4. The van der Waals surface area contributed by atoms with E-state index in [4.69, 9.17) is 4.74 Å². The zero-order valence-electron chi connectivity index (χ0n) is 7.77. The Hall–Kier alpha value is -0.330. The Morgan fingerprint density at radius 1 is 1.43 bits per heavy atom. The molecule has 0 aromatic rings. The third-order valence-electron chi connectivity index (χ3n) is 2.00. The topological polar surface area (TPSA) is 30.5 Å². The molecule has 1 unspecified atom stereocenters. The van der Waals surface area contributed by atoms with Crippen LogP contribution in [0.15, 0.2) is 0 Å². The van der Waals surface area contributed by atoms with Gasteiger partial charge in [0, 0.05) is 19.7 Å². The first-order valence-electron chi connectivity index (χ1n) is 4.57. The molecule has 0 bridgehead atoms. The van der Waals surface area contributed by atoms with E-state index >= 15 is 0 Å². The minimum Gasteiger partial charge on any atom is -0.381 e. The van der Waals surface area contributed by atoms with Gasteiger partial charge in [0.25, 0.3) is 0 Å². The summed E-state index contributed by atoms with van der Waals surface area (Å²) in [6, 6.07) is 0. The van der Waals surface area contributed by atoms with Crippen LogP contribution in [0, 0.1) is 5.92 Å². The van der Waals surface area contributed by atoms with E-state index < -0.39 is 6.36 Å². The fraction of sp³-hybridized carbons (Fsp3) is 1.00. The van der Waals surface area contributed by atoms with Crippen LogP contribution < -0.4 is 5.32 Å². The molecular formula is C8H14F3NO2. The van der Waals surface area contributed by atoms with Crippen molar-refractivity contribution in [1.82, 2.24) is 5.32 Å². The number of rotatable bonds is 5. The molecule has 0 aromatic carbocycles. The summed E-state index contributed by atoms with van der Waals surface area (Å²) in [5.41, 5.74) is 0. The van der Waals surface area contributed by atoms with Crippen LogP contribution in [-0.4, -0.2) is 39.3 Å². The van der Waals surface area contributed by atoms with Crippen molar-refractivity contribution in [1.29, 1.82) is 0 Å². The van der Waals surface area contributed by atoms with E-state index in [1.54, 1.807) is 0 Å². The van der Waals surface area contributed by atoms with Gasteiger partial charge in [0.2, 0.25) is 0 Å². The van der Waals surface area contributed by atoms with E-state index in [0.717, 1.165) is 13.0 Å². The lowest BCUT2D eigenvalue weighted by molar-refractivity contribution is -0.323. The fourth-order valence-corrected chi connectivity index (χ4v) is 1.29. The maximum atomic E-state index is 11.5. The number of hydrogen-bond acceptors (Lipinski definition) is 3. The Morgan fingerprint density at radius 3 is 2.79 bits per heavy atom. The van der Waals surface area contributed by atoms with Gasteiger partial charge in [-0.2, -0.15) is 0 Å². The van der Waals surface area contributed by atoms with Crippen LogP contribution in [-0.2, 0) is 9.47 Å². The lowest BCUT2D eigenvalue weighted by Crippen LogP contribution is -2.28. The predicted molar refractivity (Wildman–Crippen MR) is 43.8 cm³/mol. The van der Waals surface area contributed by atoms with Crippen molar-refractivity contribution in [3.05, 3.63) is 0 Å². The van der Waals surface area contributed by atoms with Gasteiger partial charge in [-0.15, -0.1) is 13.2 Å². The Bertz CT molecular complexity index is 157. The molecule has 6 heteroatoms. The first kappa shape index (κ1) is 11.7. The van der Waals surface area contributed by atoms with Crippen molar-refractivity contribution in [3.8, 4) is 0 Å². The van der Waals surface area contributed by atoms with Gasteiger partial charge >= 0.3 is 6.36 Å². The minimum absolute atomic E-state index is 0.218. The summed E-state index contributed by atoms with van der Waals surface area (Å²) < 4.78 is 43.3. The molecule has 1 atom stereocenters. The maximum Gasteiger partial charge on any atom is 0.522 e. The van der Waals surface area contributed by atoms with Crippen LogP contribution in [0.2, 0.25) is 0 Å². The van der Waals surface area contributed by atoms with Gasteiger partial charge in [-0.3, -0.25) is 4.74 Å². The highest BCUT2D eigenvalue weighted by Gasteiger charge is 2.28. The maximum absolute atomic E-state index is 11.5. The SMILES string of the molecule is FC(F)(F)OCCNCC1CCOC1. The van der Waals surface area contributed by atoms with Crippen LogP contribution in [0.25, 0.3) is 0 Å². The smallest absolute Gasteiger partial charge is 0.381 e. The number of hydrogen-bond donors (Lipinski definition) is 1. The molecule has 0 amide bonds. The van der Waals surface area contributed by atoms with Gasteiger partial charge in [0.05, 0.1) is 13.2 Å². The van der Waals surface area contributed by atoms with E-state index in [0.29, 0.717) is 19.1 Å². The average molecular weight is 213 g/mol. The molecule has 1 saturated heterocycles. The van der Waals surface area contributed by atoms with E-state index in [2.05, 4.69) is 10.1 Å². The molecule has 84 valence electrons. The highest BCUT2D eigenvalue weighted by atomic mass is 19.4. The van der Waals surface area contributed by atoms with Gasteiger partial charge in [-0.05, 0) is 12.3 Å². The second kappa shape index (κ2) is 5.53. The fourth-order valence-electron chi connectivity index (χ4n) is 1.29. The van der Waals surface area contributed by atoms with Crippen molar-refractivity contribution in [2.24, 2.45) is 5.92 Å². The van der Waals surface area contributed by atoms with E-state index in [9.17, 15) is 13.2 Å². The molecule has 1 heterocycles. The molecule has 1 aliphatic heterocycles. The molecule has 1 rings (SSSR count). The van der Waals surface area contributed by atoms with Gasteiger partial charge in [-0.25, -0.2) is 0 Å². The van der Waals surface area contributed by atoms with Gasteiger partial charge < -0.3 is 10.1 Å². The molecule has 0 radical (unpaired) electrons. The van der Waals surface area contributed by atoms with Crippen molar-refractivity contribution in [3.63, 3.8) is 0 Å². The van der Waals surface area contributed by atoms with Crippen molar-refractivity contribution in [2.45, 2.75) is 12.8 Å². The standard InChI is InChI=1S/C8H14F3NO2/c9-8(10,11)14-4-2-12-5-7-1-3-13-6-7/h7,12H,1-6H2. The molecule has 1 N–H and O–H groups in total. The Balaban J connectivity index is 1.89. The highest BCUT2D eigenvalue weighted by molar-refractivity contribution is 4.66. The Kier molecular flexibility index (Phi) is 4.64. The van der Waals surface area contributed by atoms with Crippen LogP contribution >= 0.6 is 0 Å². The predicted octanol–water partition coefficient (Wildman–Crippen LogP) is 1.15. The molecular weight excluding hydrogens is 199 g/mol. The van der Waals surface area contributed by atoms with E-state index in [1.165, 1.54) is 0 Å². The average Bonchev–Trinajstić information content (AvgIpc) is 2.54. The normalized spacial score (nSPS) is 22.9. The second-order valence-corrected chi connectivity index (χ2v) is 3.23. The lowest BCUT2D eigenvalue weighted by Gasteiger charge is -2.10. The highest BCUT2D eigenvalue weighted by Crippen LogP contribution is 2.15. The molecule has 1 fully saturated rings.